The lowest BCUT2D eigenvalue weighted by atomic mass is 10.0. The summed E-state index contributed by atoms with van der Waals surface area (Å²) in [5.41, 5.74) is 2.41. The Morgan fingerprint density at radius 1 is 1.04 bits per heavy atom. The Morgan fingerprint density at radius 2 is 1.76 bits per heavy atom. The van der Waals surface area contributed by atoms with E-state index < -0.39 is 18.2 Å². The van der Waals surface area contributed by atoms with Gasteiger partial charge in [0.2, 0.25) is 0 Å². The molecule has 1 aliphatic carbocycles. The number of ketones is 1. The van der Waals surface area contributed by atoms with E-state index >= 15 is 0 Å². The fraction of sp³-hybridized carbons (Fsp3) is 0.250. The van der Waals surface area contributed by atoms with Gasteiger partial charge in [0, 0.05) is 17.0 Å². The molecule has 1 aliphatic heterocycles. The van der Waals surface area contributed by atoms with Crippen LogP contribution < -0.4 is 0 Å². The van der Waals surface area contributed by atoms with Gasteiger partial charge in [0.15, 0.2) is 5.78 Å². The summed E-state index contributed by atoms with van der Waals surface area (Å²) >= 11 is 0. The summed E-state index contributed by atoms with van der Waals surface area (Å²) in [5.74, 6) is -0.636. The van der Waals surface area contributed by atoms with Gasteiger partial charge in [-0.3, -0.25) is 9.59 Å². The minimum absolute atomic E-state index is 0.0497. The van der Waals surface area contributed by atoms with E-state index in [0.717, 1.165) is 18.4 Å². The Bertz CT molecular complexity index is 849. The smallest absolute Gasteiger partial charge is 0.342 e. The molecule has 1 fully saturated rings. The second-order valence-electron chi connectivity index (χ2n) is 6.33. The molecule has 25 heavy (non-hydrogen) atoms. The van der Waals surface area contributed by atoms with Crippen molar-refractivity contribution in [1.29, 1.82) is 0 Å². The molecular weight excluding hydrogens is 320 g/mol. The molecule has 0 aromatic heterocycles. The van der Waals surface area contributed by atoms with Crippen LogP contribution in [0.1, 0.15) is 51.0 Å². The quantitative estimate of drug-likeness (QED) is 0.619. The van der Waals surface area contributed by atoms with Gasteiger partial charge in [0.05, 0.1) is 12.0 Å². The van der Waals surface area contributed by atoms with Crippen molar-refractivity contribution in [3.63, 3.8) is 0 Å². The highest BCUT2D eigenvalue weighted by molar-refractivity contribution is 5.99. The van der Waals surface area contributed by atoms with Gasteiger partial charge in [-0.05, 0) is 24.5 Å². The van der Waals surface area contributed by atoms with Crippen LogP contribution in [0.2, 0.25) is 0 Å². The highest BCUT2D eigenvalue weighted by atomic mass is 16.7. The van der Waals surface area contributed by atoms with Crippen LogP contribution in [-0.2, 0) is 20.7 Å². The molecule has 5 nitrogen and oxygen atoms in total. The van der Waals surface area contributed by atoms with Gasteiger partial charge in [-0.15, -0.1) is 0 Å². The third kappa shape index (κ3) is 3.18. The molecule has 0 saturated heterocycles. The maximum absolute atomic E-state index is 12.1. The number of hydrogen-bond donors (Lipinski definition) is 0. The summed E-state index contributed by atoms with van der Waals surface area (Å²) in [6, 6.07) is 13.8. The van der Waals surface area contributed by atoms with E-state index in [0.29, 0.717) is 16.7 Å². The Hall–Kier alpha value is -2.95. The predicted octanol–water partition coefficient (Wildman–Crippen LogP) is 3.23. The first-order valence-corrected chi connectivity index (χ1v) is 8.24. The van der Waals surface area contributed by atoms with E-state index in [-0.39, 0.29) is 18.1 Å². The Morgan fingerprint density at radius 3 is 2.48 bits per heavy atom. The topological polar surface area (TPSA) is 69.7 Å². The van der Waals surface area contributed by atoms with Gasteiger partial charge in [-0.2, -0.15) is 0 Å². The lowest BCUT2D eigenvalue weighted by Crippen LogP contribution is -2.13. The Kier molecular flexibility index (Phi) is 3.84. The predicted molar refractivity (Wildman–Crippen MR) is 87.9 cm³/mol. The number of ether oxygens (including phenoxy) is 2. The third-order valence-corrected chi connectivity index (χ3v) is 4.42. The lowest BCUT2D eigenvalue weighted by Gasteiger charge is -2.12. The number of hydrogen-bond acceptors (Lipinski definition) is 5. The maximum atomic E-state index is 12.1. The molecule has 1 unspecified atom stereocenters. The number of rotatable bonds is 5. The second kappa shape index (κ2) is 6.16. The van der Waals surface area contributed by atoms with E-state index in [1.54, 1.807) is 48.5 Å². The molecule has 0 bridgehead atoms. The summed E-state index contributed by atoms with van der Waals surface area (Å²) < 4.78 is 10.4. The van der Waals surface area contributed by atoms with Crippen LogP contribution >= 0.6 is 0 Å². The SMILES string of the molecule is O=C(Cc1ccc(C(=O)C2CC2)cc1)OC1OC(=O)c2ccccc21. The van der Waals surface area contributed by atoms with E-state index in [9.17, 15) is 14.4 Å². The van der Waals surface area contributed by atoms with Crippen molar-refractivity contribution in [1.82, 2.24) is 0 Å². The summed E-state index contributed by atoms with van der Waals surface area (Å²) in [7, 11) is 0. The molecule has 0 N–H and O–H groups in total. The molecular formula is C20H16O5. The molecule has 1 saturated carbocycles. The third-order valence-electron chi connectivity index (χ3n) is 4.42. The summed E-state index contributed by atoms with van der Waals surface area (Å²) in [6.45, 7) is 0. The standard InChI is InChI=1S/C20H16O5/c21-17(24-20-16-4-2-1-3-15(16)19(23)25-20)11-12-5-7-13(8-6-12)18(22)14-9-10-14/h1-8,14,20H,9-11H2. The van der Waals surface area contributed by atoms with Crippen LogP contribution in [0.25, 0.3) is 0 Å². The molecule has 0 spiro atoms. The number of carbonyl (C=O) groups is 3. The van der Waals surface area contributed by atoms with Crippen LogP contribution in [0.5, 0.6) is 0 Å². The van der Waals surface area contributed by atoms with Crippen molar-refractivity contribution in [2.45, 2.75) is 25.6 Å². The van der Waals surface area contributed by atoms with Crippen LogP contribution in [0, 0.1) is 5.92 Å². The average Bonchev–Trinajstić information content (AvgIpc) is 3.42. The van der Waals surface area contributed by atoms with Crippen molar-refractivity contribution in [2.24, 2.45) is 5.92 Å². The molecule has 4 rings (SSSR count). The highest BCUT2D eigenvalue weighted by Crippen LogP contribution is 2.33. The molecule has 126 valence electrons. The van der Waals surface area contributed by atoms with E-state index in [4.69, 9.17) is 9.47 Å². The summed E-state index contributed by atoms with van der Waals surface area (Å²) in [4.78, 5) is 35.9. The number of Topliss-reactive ketones (excluding diaryl/α,β-unsaturated/α-hetero) is 1. The molecule has 2 aromatic carbocycles. The molecule has 1 atom stereocenters. The van der Waals surface area contributed by atoms with Crippen molar-refractivity contribution in [3.8, 4) is 0 Å². The number of cyclic esters (lactones) is 1. The number of carbonyl (C=O) groups excluding carboxylic acids is 3. The zero-order valence-corrected chi connectivity index (χ0v) is 13.4. The van der Waals surface area contributed by atoms with Crippen LogP contribution in [0.3, 0.4) is 0 Å². The number of fused-ring (bicyclic) bond motifs is 1. The molecule has 0 radical (unpaired) electrons. The normalized spacial score (nSPS) is 18.4. The minimum Gasteiger partial charge on any atom is -0.420 e. The second-order valence-corrected chi connectivity index (χ2v) is 6.33. The van der Waals surface area contributed by atoms with Crippen LogP contribution in [0.15, 0.2) is 48.5 Å². The number of esters is 2. The van der Waals surface area contributed by atoms with Gasteiger partial charge in [0.25, 0.3) is 6.29 Å². The first-order valence-electron chi connectivity index (χ1n) is 8.24. The van der Waals surface area contributed by atoms with Crippen molar-refractivity contribution >= 4 is 17.7 Å². The highest BCUT2D eigenvalue weighted by Gasteiger charge is 2.33. The van der Waals surface area contributed by atoms with Gasteiger partial charge in [-0.1, -0.05) is 42.5 Å². The van der Waals surface area contributed by atoms with Crippen LogP contribution in [0.4, 0.5) is 0 Å². The molecule has 1 heterocycles. The van der Waals surface area contributed by atoms with Crippen molar-refractivity contribution in [3.05, 3.63) is 70.8 Å². The first-order chi connectivity index (χ1) is 12.1. The van der Waals surface area contributed by atoms with Gasteiger partial charge in [-0.25, -0.2) is 4.79 Å². The summed E-state index contributed by atoms with van der Waals surface area (Å²) in [6.07, 6.45) is 0.990. The van der Waals surface area contributed by atoms with E-state index in [1.165, 1.54) is 0 Å². The fourth-order valence-electron chi connectivity index (χ4n) is 2.90. The monoisotopic (exact) mass is 336 g/mol. The van der Waals surface area contributed by atoms with Gasteiger partial charge >= 0.3 is 11.9 Å². The molecule has 0 amide bonds. The average molecular weight is 336 g/mol. The Labute approximate surface area is 144 Å². The Balaban J connectivity index is 1.39. The first kappa shape index (κ1) is 15.6. The zero-order chi connectivity index (χ0) is 17.4. The fourth-order valence-corrected chi connectivity index (χ4v) is 2.90. The largest absolute Gasteiger partial charge is 0.420 e. The van der Waals surface area contributed by atoms with Gasteiger partial charge < -0.3 is 9.47 Å². The van der Waals surface area contributed by atoms with E-state index in [2.05, 4.69) is 0 Å². The lowest BCUT2D eigenvalue weighted by molar-refractivity contribution is -0.166. The maximum Gasteiger partial charge on any atom is 0.342 e. The van der Waals surface area contributed by atoms with Crippen molar-refractivity contribution < 1.29 is 23.9 Å². The summed E-state index contributed by atoms with van der Waals surface area (Å²) in [5, 5.41) is 0. The molecule has 5 heteroatoms. The molecule has 2 aliphatic rings. The van der Waals surface area contributed by atoms with Crippen LogP contribution in [-0.4, -0.2) is 17.7 Å². The van der Waals surface area contributed by atoms with Crippen molar-refractivity contribution in [2.75, 3.05) is 0 Å². The molecule has 2 aromatic rings. The zero-order valence-electron chi connectivity index (χ0n) is 13.4. The minimum atomic E-state index is -0.994. The van der Waals surface area contributed by atoms with E-state index in [1.807, 2.05) is 0 Å². The van der Waals surface area contributed by atoms with Gasteiger partial charge in [0.1, 0.15) is 0 Å². The number of benzene rings is 2.